The highest BCUT2D eigenvalue weighted by atomic mass is 32.2. The normalized spacial score (nSPS) is 20.2. The Hall–Kier alpha value is -0.820. The minimum atomic E-state index is -3.40. The lowest BCUT2D eigenvalue weighted by molar-refractivity contribution is 0.112. The molecule has 1 unspecified atom stereocenters. The molecule has 1 rings (SSSR count). The molecule has 1 N–H and O–H groups in total. The van der Waals surface area contributed by atoms with Gasteiger partial charge in [-0.05, 0) is 32.1 Å². The first-order valence-electron chi connectivity index (χ1n) is 5.64. The van der Waals surface area contributed by atoms with Crippen LogP contribution in [0.25, 0.3) is 0 Å². The number of carbonyl (C=O) groups is 1. The van der Waals surface area contributed by atoms with Crippen molar-refractivity contribution < 1.29 is 22.5 Å². The van der Waals surface area contributed by atoms with Crippen LogP contribution in [-0.2, 0) is 14.3 Å². The summed E-state index contributed by atoms with van der Waals surface area (Å²) in [5.74, 6) is 0.336. The van der Waals surface area contributed by atoms with Gasteiger partial charge in [-0.15, -0.1) is 0 Å². The van der Waals surface area contributed by atoms with E-state index in [0.29, 0.717) is 25.4 Å². The van der Waals surface area contributed by atoms with Crippen molar-refractivity contribution in [1.82, 2.24) is 4.90 Å². The van der Waals surface area contributed by atoms with E-state index in [1.165, 1.54) is 4.90 Å². The summed E-state index contributed by atoms with van der Waals surface area (Å²) >= 11 is 0. The third-order valence-corrected chi connectivity index (χ3v) is 3.57. The zero-order valence-electron chi connectivity index (χ0n) is 10.1. The molecule has 1 aliphatic rings. The Morgan fingerprint density at radius 2 is 2.00 bits per heavy atom. The van der Waals surface area contributed by atoms with E-state index >= 15 is 0 Å². The average Bonchev–Trinajstić information content (AvgIpc) is 2.15. The third kappa shape index (κ3) is 5.36. The molecule has 0 saturated carbocycles. The van der Waals surface area contributed by atoms with E-state index in [4.69, 9.17) is 9.29 Å². The van der Waals surface area contributed by atoms with E-state index < -0.39 is 16.2 Å². The molecule has 0 spiro atoms. The van der Waals surface area contributed by atoms with Crippen LogP contribution in [0.4, 0.5) is 4.79 Å². The van der Waals surface area contributed by atoms with E-state index in [1.807, 2.05) is 0 Å². The maximum absolute atomic E-state index is 10.9. The molecule has 1 aliphatic heterocycles. The van der Waals surface area contributed by atoms with Crippen LogP contribution in [0, 0.1) is 5.92 Å². The molecule has 0 aromatic carbocycles. The number of carboxylic acid groups (broad SMARTS) is 1. The molecule has 100 valence electrons. The fourth-order valence-electron chi connectivity index (χ4n) is 2.17. The number of rotatable bonds is 4. The van der Waals surface area contributed by atoms with Gasteiger partial charge in [-0.3, -0.25) is 4.18 Å². The van der Waals surface area contributed by atoms with Crippen LogP contribution in [0.5, 0.6) is 0 Å². The van der Waals surface area contributed by atoms with Crippen molar-refractivity contribution in [3.8, 4) is 0 Å². The Labute approximate surface area is 102 Å². The van der Waals surface area contributed by atoms with Crippen LogP contribution in [0.2, 0.25) is 0 Å². The van der Waals surface area contributed by atoms with Gasteiger partial charge in [0.05, 0.1) is 12.4 Å². The monoisotopic (exact) mass is 265 g/mol. The number of hydrogen-bond donors (Lipinski definition) is 1. The van der Waals surface area contributed by atoms with Gasteiger partial charge in [-0.1, -0.05) is 0 Å². The van der Waals surface area contributed by atoms with E-state index in [-0.39, 0.29) is 6.10 Å². The molecular weight excluding hydrogens is 246 g/mol. The zero-order valence-corrected chi connectivity index (χ0v) is 10.9. The van der Waals surface area contributed by atoms with Crippen LogP contribution >= 0.6 is 0 Å². The predicted octanol–water partition coefficient (Wildman–Crippen LogP) is 1.13. The predicted molar refractivity (Wildman–Crippen MR) is 62.3 cm³/mol. The quantitative estimate of drug-likeness (QED) is 0.770. The molecule has 1 heterocycles. The van der Waals surface area contributed by atoms with Crippen molar-refractivity contribution in [3.05, 3.63) is 0 Å². The SMILES string of the molecule is CC(CC1CCN(C(=O)O)CC1)OS(C)(=O)=O. The van der Waals surface area contributed by atoms with Crippen LogP contribution in [0.3, 0.4) is 0 Å². The number of hydrogen-bond acceptors (Lipinski definition) is 4. The van der Waals surface area contributed by atoms with Crippen LogP contribution in [0.15, 0.2) is 0 Å². The first-order chi connectivity index (χ1) is 7.78. The minimum absolute atomic E-state index is 0.336. The molecule has 1 fully saturated rings. The van der Waals surface area contributed by atoms with Gasteiger partial charge >= 0.3 is 6.09 Å². The summed E-state index contributed by atoms with van der Waals surface area (Å²) in [5, 5.41) is 8.78. The van der Waals surface area contributed by atoms with Crippen molar-refractivity contribution in [2.24, 2.45) is 5.92 Å². The number of piperidine rings is 1. The largest absolute Gasteiger partial charge is 0.465 e. The zero-order chi connectivity index (χ0) is 13.1. The minimum Gasteiger partial charge on any atom is -0.465 e. The molecular formula is C10H19NO5S. The van der Waals surface area contributed by atoms with Crippen LogP contribution < -0.4 is 0 Å². The highest BCUT2D eigenvalue weighted by Gasteiger charge is 2.24. The summed E-state index contributed by atoms with van der Waals surface area (Å²) in [7, 11) is -3.40. The molecule has 0 aliphatic carbocycles. The molecule has 0 aromatic rings. The second-order valence-corrected chi connectivity index (χ2v) is 6.16. The smallest absolute Gasteiger partial charge is 0.407 e. The lowest BCUT2D eigenvalue weighted by atomic mass is 9.92. The van der Waals surface area contributed by atoms with Gasteiger partial charge in [-0.25, -0.2) is 4.79 Å². The Bertz CT molecular complexity index is 359. The molecule has 17 heavy (non-hydrogen) atoms. The highest BCUT2D eigenvalue weighted by molar-refractivity contribution is 7.86. The van der Waals surface area contributed by atoms with Crippen molar-refractivity contribution in [3.63, 3.8) is 0 Å². The molecule has 1 amide bonds. The first kappa shape index (κ1) is 14.2. The van der Waals surface area contributed by atoms with Gasteiger partial charge in [-0.2, -0.15) is 8.42 Å². The van der Waals surface area contributed by atoms with Crippen molar-refractivity contribution in [1.29, 1.82) is 0 Å². The summed E-state index contributed by atoms with van der Waals surface area (Å²) in [6.45, 7) is 2.77. The summed E-state index contributed by atoms with van der Waals surface area (Å²) in [6.07, 6.45) is 2.00. The summed E-state index contributed by atoms with van der Waals surface area (Å²) in [4.78, 5) is 12.1. The van der Waals surface area contributed by atoms with Crippen molar-refractivity contribution in [2.45, 2.75) is 32.3 Å². The highest BCUT2D eigenvalue weighted by Crippen LogP contribution is 2.23. The molecule has 0 radical (unpaired) electrons. The van der Waals surface area contributed by atoms with Gasteiger partial charge in [0.15, 0.2) is 0 Å². The molecule has 7 heteroatoms. The van der Waals surface area contributed by atoms with Crippen LogP contribution in [-0.4, -0.2) is 50.0 Å². The van der Waals surface area contributed by atoms with Crippen LogP contribution in [0.1, 0.15) is 26.2 Å². The van der Waals surface area contributed by atoms with Gasteiger partial charge < -0.3 is 10.0 Å². The Morgan fingerprint density at radius 3 is 2.41 bits per heavy atom. The van der Waals surface area contributed by atoms with Crippen molar-refractivity contribution >= 4 is 16.2 Å². The summed E-state index contributed by atoms with van der Waals surface area (Å²) < 4.78 is 26.7. The lowest BCUT2D eigenvalue weighted by Crippen LogP contribution is -2.38. The summed E-state index contributed by atoms with van der Waals surface area (Å²) in [5.41, 5.74) is 0. The van der Waals surface area contributed by atoms with Gasteiger partial charge in [0, 0.05) is 13.1 Å². The fraction of sp³-hybridized carbons (Fsp3) is 0.900. The second kappa shape index (κ2) is 5.68. The molecule has 1 atom stereocenters. The maximum Gasteiger partial charge on any atom is 0.407 e. The topological polar surface area (TPSA) is 83.9 Å². The Balaban J connectivity index is 2.33. The molecule has 0 aromatic heterocycles. The van der Waals surface area contributed by atoms with E-state index in [1.54, 1.807) is 6.92 Å². The van der Waals surface area contributed by atoms with Crippen molar-refractivity contribution in [2.75, 3.05) is 19.3 Å². The molecule has 1 saturated heterocycles. The Morgan fingerprint density at radius 1 is 1.47 bits per heavy atom. The lowest BCUT2D eigenvalue weighted by Gasteiger charge is -2.31. The number of nitrogens with zero attached hydrogens (tertiary/aromatic N) is 1. The molecule has 6 nitrogen and oxygen atoms in total. The van der Waals surface area contributed by atoms with Gasteiger partial charge in [0.1, 0.15) is 0 Å². The molecule has 0 bridgehead atoms. The number of amides is 1. The third-order valence-electron chi connectivity index (χ3n) is 2.89. The first-order valence-corrected chi connectivity index (χ1v) is 7.45. The van der Waals surface area contributed by atoms with E-state index in [0.717, 1.165) is 19.1 Å². The van der Waals surface area contributed by atoms with E-state index in [2.05, 4.69) is 0 Å². The fourth-order valence-corrected chi connectivity index (χ4v) is 2.84. The van der Waals surface area contributed by atoms with Gasteiger partial charge in [0.2, 0.25) is 0 Å². The Kier molecular flexibility index (Phi) is 4.76. The second-order valence-electron chi connectivity index (χ2n) is 4.56. The van der Waals surface area contributed by atoms with E-state index in [9.17, 15) is 13.2 Å². The maximum atomic E-state index is 10.9. The standard InChI is InChI=1S/C10H19NO5S/c1-8(16-17(2,14)15)7-9-3-5-11(6-4-9)10(12)13/h8-9H,3-7H2,1-2H3,(H,12,13). The average molecular weight is 265 g/mol. The van der Waals surface area contributed by atoms with Gasteiger partial charge in [0.25, 0.3) is 10.1 Å². The number of likely N-dealkylation sites (tertiary alicyclic amines) is 1. The summed E-state index contributed by atoms with van der Waals surface area (Å²) in [6, 6.07) is 0.